The first-order chi connectivity index (χ1) is 14.8. The van der Waals surface area contributed by atoms with Crippen molar-refractivity contribution in [2.24, 2.45) is 5.73 Å². The van der Waals surface area contributed by atoms with Crippen molar-refractivity contribution in [3.63, 3.8) is 0 Å². The molecule has 0 fully saturated rings. The Labute approximate surface area is 190 Å². The molecular weight excluding hydrogens is 408 g/mol. The number of halogens is 1. The van der Waals surface area contributed by atoms with E-state index in [9.17, 15) is 4.79 Å². The third-order valence-electron chi connectivity index (χ3n) is 5.92. The summed E-state index contributed by atoms with van der Waals surface area (Å²) in [5.41, 5.74) is 13.6. The number of aromatic amines is 1. The van der Waals surface area contributed by atoms with E-state index in [0.29, 0.717) is 25.7 Å². The second kappa shape index (κ2) is 10.0. The molecule has 5 nitrogen and oxygen atoms in total. The van der Waals surface area contributed by atoms with Crippen LogP contribution in [0.1, 0.15) is 66.9 Å². The molecule has 0 saturated heterocycles. The first kappa shape index (κ1) is 23.6. The molecule has 2 heterocycles. The molecule has 3 aromatic rings. The van der Waals surface area contributed by atoms with Crippen molar-refractivity contribution < 1.29 is 0 Å². The van der Waals surface area contributed by atoms with Crippen molar-refractivity contribution in [1.82, 2.24) is 14.9 Å². The van der Waals surface area contributed by atoms with E-state index in [4.69, 9.17) is 17.3 Å². The van der Waals surface area contributed by atoms with Crippen LogP contribution in [0.2, 0.25) is 5.02 Å². The van der Waals surface area contributed by atoms with Crippen LogP contribution in [0.5, 0.6) is 0 Å². The number of nitrogens with two attached hydrogens (primary N) is 1. The summed E-state index contributed by atoms with van der Waals surface area (Å²) in [6.07, 6.45) is 2.75. The van der Waals surface area contributed by atoms with Crippen LogP contribution in [0.25, 0.3) is 10.9 Å². The van der Waals surface area contributed by atoms with Gasteiger partial charge in [0.2, 0.25) is 0 Å². The molecule has 6 heteroatoms. The second-order valence-electron chi connectivity index (χ2n) is 8.67. The molecule has 0 amide bonds. The Kier molecular flexibility index (Phi) is 7.63. The van der Waals surface area contributed by atoms with Gasteiger partial charge in [-0.15, -0.1) is 0 Å². The Morgan fingerprint density at radius 2 is 1.87 bits per heavy atom. The fourth-order valence-corrected chi connectivity index (χ4v) is 4.94. The first-order valence-electron chi connectivity index (χ1n) is 11.2. The number of aromatic nitrogens is 2. The van der Waals surface area contributed by atoms with Crippen molar-refractivity contribution >= 4 is 22.5 Å². The van der Waals surface area contributed by atoms with Crippen molar-refractivity contribution in [2.75, 3.05) is 6.54 Å². The Morgan fingerprint density at radius 3 is 2.52 bits per heavy atom. The van der Waals surface area contributed by atoms with Gasteiger partial charge in [0.25, 0.3) is 5.56 Å². The van der Waals surface area contributed by atoms with E-state index in [1.54, 1.807) is 0 Å². The van der Waals surface area contributed by atoms with Gasteiger partial charge >= 0.3 is 0 Å². The quantitative estimate of drug-likeness (QED) is 0.440. The summed E-state index contributed by atoms with van der Waals surface area (Å²) in [7, 11) is 0. The van der Waals surface area contributed by atoms with E-state index >= 15 is 0 Å². The summed E-state index contributed by atoms with van der Waals surface area (Å²) < 4.78 is 2.36. The third kappa shape index (κ3) is 4.89. The number of benzene rings is 1. The summed E-state index contributed by atoms with van der Waals surface area (Å²) in [5.74, 6) is 0. The zero-order chi connectivity index (χ0) is 22.7. The van der Waals surface area contributed by atoms with Crippen LogP contribution in [0, 0.1) is 13.8 Å². The highest BCUT2D eigenvalue weighted by Crippen LogP contribution is 2.34. The topological polar surface area (TPSA) is 75.8 Å². The van der Waals surface area contributed by atoms with Crippen LogP contribution >= 0.6 is 11.6 Å². The molecule has 0 bridgehead atoms. The average Bonchev–Trinajstić information content (AvgIpc) is 2.96. The first-order valence-corrected chi connectivity index (χ1v) is 11.6. The number of aryl methyl sites for hydroxylation is 3. The van der Waals surface area contributed by atoms with Gasteiger partial charge in [0.1, 0.15) is 0 Å². The van der Waals surface area contributed by atoms with E-state index in [2.05, 4.69) is 54.7 Å². The van der Waals surface area contributed by atoms with Crippen molar-refractivity contribution in [3.8, 4) is 0 Å². The molecule has 0 radical (unpaired) electrons. The van der Waals surface area contributed by atoms with Crippen LogP contribution in [0.3, 0.4) is 0 Å². The predicted octanol–water partition coefficient (Wildman–Crippen LogP) is 4.92. The van der Waals surface area contributed by atoms with Gasteiger partial charge in [0, 0.05) is 52.9 Å². The minimum atomic E-state index is -0.000403. The summed E-state index contributed by atoms with van der Waals surface area (Å²) >= 11 is 6.52. The van der Waals surface area contributed by atoms with Gasteiger partial charge in [0.15, 0.2) is 0 Å². The maximum absolute atomic E-state index is 12.6. The van der Waals surface area contributed by atoms with Crippen LogP contribution in [0.4, 0.5) is 0 Å². The molecule has 0 atom stereocenters. The Morgan fingerprint density at radius 1 is 1.13 bits per heavy atom. The number of nitrogens with zero attached hydrogens (tertiary/aromatic N) is 1. The molecule has 2 aromatic heterocycles. The summed E-state index contributed by atoms with van der Waals surface area (Å²) in [5, 5.41) is 5.46. The molecule has 31 heavy (non-hydrogen) atoms. The van der Waals surface area contributed by atoms with Crippen molar-refractivity contribution in [3.05, 3.63) is 67.2 Å². The fourth-order valence-electron chi connectivity index (χ4n) is 4.71. The minimum absolute atomic E-state index is 0.000403. The van der Waals surface area contributed by atoms with Gasteiger partial charge in [-0.3, -0.25) is 4.79 Å². The number of nitrogens with one attached hydrogen (secondary N) is 2. The Hall–Kier alpha value is -2.08. The Balaban J connectivity index is 1.96. The lowest BCUT2D eigenvalue weighted by Gasteiger charge is -2.15. The largest absolute Gasteiger partial charge is 0.342 e. The van der Waals surface area contributed by atoms with Crippen molar-refractivity contribution in [2.45, 2.75) is 73.0 Å². The number of hydrogen-bond acceptors (Lipinski definition) is 3. The highest BCUT2D eigenvalue weighted by atomic mass is 35.5. The lowest BCUT2D eigenvalue weighted by Crippen LogP contribution is -2.23. The lowest BCUT2D eigenvalue weighted by molar-refractivity contribution is 0.592. The molecular formula is C25H35ClN4O. The smallest absolute Gasteiger partial charge is 0.252 e. The number of fused-ring (bicyclic) bond motifs is 1. The Bertz CT molecular complexity index is 1130. The van der Waals surface area contributed by atoms with E-state index in [-0.39, 0.29) is 5.56 Å². The molecule has 0 spiro atoms. The summed E-state index contributed by atoms with van der Waals surface area (Å²) in [4.78, 5) is 15.5. The predicted molar refractivity (Wildman–Crippen MR) is 131 cm³/mol. The van der Waals surface area contributed by atoms with Gasteiger partial charge in [-0.05, 0) is 75.5 Å². The normalized spacial score (nSPS) is 11.7. The molecule has 0 aliphatic carbocycles. The highest BCUT2D eigenvalue weighted by molar-refractivity contribution is 6.31. The average molecular weight is 443 g/mol. The van der Waals surface area contributed by atoms with Gasteiger partial charge in [-0.2, -0.15) is 0 Å². The number of pyridine rings is 1. The van der Waals surface area contributed by atoms with Crippen LogP contribution in [0.15, 0.2) is 23.0 Å². The van der Waals surface area contributed by atoms with E-state index in [0.717, 1.165) is 52.2 Å². The van der Waals surface area contributed by atoms with Gasteiger partial charge in [-0.1, -0.05) is 24.9 Å². The second-order valence-corrected chi connectivity index (χ2v) is 9.11. The maximum Gasteiger partial charge on any atom is 0.252 e. The zero-order valence-corrected chi connectivity index (χ0v) is 20.1. The molecule has 4 N–H and O–H groups in total. The monoisotopic (exact) mass is 442 g/mol. The van der Waals surface area contributed by atoms with Crippen LogP contribution in [-0.4, -0.2) is 16.1 Å². The zero-order valence-electron chi connectivity index (χ0n) is 19.4. The van der Waals surface area contributed by atoms with E-state index in [1.807, 2.05) is 13.0 Å². The van der Waals surface area contributed by atoms with E-state index in [1.165, 1.54) is 16.6 Å². The molecule has 0 aliphatic heterocycles. The van der Waals surface area contributed by atoms with E-state index < -0.39 is 0 Å². The molecule has 3 rings (SSSR count). The standard InChI is InChI=1S/C25H35ClN4O/c1-6-7-18-10-16(4)29-25(31)21(18)14-28-13-19-11-20(26)12-23-24(19)17(5)22(8-9-27)30(23)15(2)3/h10-12,15,28H,6-9,13-14,27H2,1-5H3,(H,29,31). The van der Waals surface area contributed by atoms with Crippen LogP contribution in [-0.2, 0) is 25.9 Å². The summed E-state index contributed by atoms with van der Waals surface area (Å²) in [6.45, 7) is 12.4. The number of hydrogen-bond donors (Lipinski definition) is 3. The van der Waals surface area contributed by atoms with Gasteiger partial charge in [-0.25, -0.2) is 0 Å². The lowest BCUT2D eigenvalue weighted by atomic mass is 10.0. The van der Waals surface area contributed by atoms with Crippen LogP contribution < -0.4 is 16.6 Å². The highest BCUT2D eigenvalue weighted by Gasteiger charge is 2.19. The SMILES string of the molecule is CCCc1cc(C)[nH]c(=O)c1CNCc1cc(Cl)cc2c1c(C)c(CCN)n2C(C)C. The molecule has 0 saturated carbocycles. The van der Waals surface area contributed by atoms with Crippen molar-refractivity contribution in [1.29, 1.82) is 0 Å². The van der Waals surface area contributed by atoms with Gasteiger partial charge in [0.05, 0.1) is 5.52 Å². The molecule has 168 valence electrons. The molecule has 1 aromatic carbocycles. The number of H-pyrrole nitrogens is 1. The third-order valence-corrected chi connectivity index (χ3v) is 6.14. The van der Waals surface area contributed by atoms with Gasteiger partial charge < -0.3 is 20.6 Å². The summed E-state index contributed by atoms with van der Waals surface area (Å²) in [6, 6.07) is 6.50. The fraction of sp³-hybridized carbons (Fsp3) is 0.480. The molecule has 0 unspecified atom stereocenters. The maximum atomic E-state index is 12.6. The number of rotatable bonds is 9. The molecule has 0 aliphatic rings. The minimum Gasteiger partial charge on any atom is -0.342 e.